The van der Waals surface area contributed by atoms with Gasteiger partial charge in [-0.05, 0) is 69.2 Å². The van der Waals surface area contributed by atoms with Crippen LogP contribution >= 0.6 is 0 Å². The van der Waals surface area contributed by atoms with E-state index in [4.69, 9.17) is 13.0 Å². The molecule has 1 fully saturated rings. The Morgan fingerprint density at radius 1 is 1.22 bits per heavy atom. The third kappa shape index (κ3) is 4.71. The highest BCUT2D eigenvalue weighted by atomic mass is 19.1. The zero-order valence-corrected chi connectivity index (χ0v) is 22.2. The van der Waals surface area contributed by atoms with Crippen LogP contribution in [0.25, 0.3) is 5.65 Å². The van der Waals surface area contributed by atoms with Gasteiger partial charge in [-0.25, -0.2) is 18.7 Å². The first-order valence-corrected chi connectivity index (χ1v) is 13.0. The Bertz CT molecular complexity index is 1900. The van der Waals surface area contributed by atoms with E-state index < -0.39 is 60.5 Å². The van der Waals surface area contributed by atoms with E-state index in [0.717, 1.165) is 12.3 Å². The molecule has 0 saturated carbocycles. The first-order chi connectivity index (χ1) is 22.1. The molecule has 2 amide bonds. The van der Waals surface area contributed by atoms with E-state index in [1.54, 1.807) is 19.1 Å². The van der Waals surface area contributed by atoms with Gasteiger partial charge in [-0.1, -0.05) is 12.1 Å². The second-order valence-electron chi connectivity index (χ2n) is 9.49. The van der Waals surface area contributed by atoms with Crippen molar-refractivity contribution in [2.75, 3.05) is 18.1 Å². The molecule has 1 aromatic carbocycles. The number of aryl methyl sites for hydroxylation is 1. The summed E-state index contributed by atoms with van der Waals surface area (Å²) in [5, 5.41) is 4.11. The minimum absolute atomic E-state index is 0.0623. The van der Waals surface area contributed by atoms with Crippen molar-refractivity contribution < 1.29 is 31.7 Å². The first kappa shape index (κ1) is 20.2. The monoisotopic (exact) mass is 562 g/mol. The minimum Gasteiger partial charge on any atom is -0.462 e. The van der Waals surface area contributed by atoms with Crippen molar-refractivity contribution in [2.24, 2.45) is 0 Å². The van der Waals surface area contributed by atoms with Crippen molar-refractivity contribution in [3.63, 3.8) is 0 Å². The number of nitrogens with zero attached hydrogens (tertiary/aromatic N) is 6. The lowest BCUT2D eigenvalue weighted by atomic mass is 9.98. The number of halogens is 1. The number of aromatic nitrogens is 4. The van der Waals surface area contributed by atoms with Crippen molar-refractivity contribution in [1.82, 2.24) is 24.5 Å². The molecule has 0 radical (unpaired) electrons. The minimum atomic E-state index is -3.04. The number of carbonyl (C=O) groups excluding carboxylic acids is 3. The topological polar surface area (TPSA) is 110 Å². The molecule has 0 spiro atoms. The van der Waals surface area contributed by atoms with Gasteiger partial charge in [0.05, 0.1) is 36.2 Å². The van der Waals surface area contributed by atoms with Crippen LogP contribution < -0.4 is 4.90 Å². The van der Waals surface area contributed by atoms with Crippen LogP contribution in [0.15, 0.2) is 55.0 Å². The number of carbonyl (C=O) groups is 3. The Labute approximate surface area is 244 Å². The lowest BCUT2D eigenvalue weighted by Gasteiger charge is -2.28. The summed E-state index contributed by atoms with van der Waals surface area (Å²) < 4.78 is 74.5. The third-order valence-corrected chi connectivity index (χ3v) is 7.00. The van der Waals surface area contributed by atoms with E-state index in [1.165, 1.54) is 46.9 Å². The number of hydrogen-bond acceptors (Lipinski definition) is 8. The fourth-order valence-corrected chi connectivity index (χ4v) is 5.04. The molecule has 5 heterocycles. The van der Waals surface area contributed by atoms with Gasteiger partial charge in [-0.2, -0.15) is 5.10 Å². The number of amides is 2. The number of imide groups is 1. The van der Waals surface area contributed by atoms with Gasteiger partial charge in [-0.3, -0.25) is 19.5 Å². The lowest BCUT2D eigenvalue weighted by molar-refractivity contribution is 0.0526. The van der Waals surface area contributed by atoms with Gasteiger partial charge in [0.2, 0.25) is 0 Å². The quantitative estimate of drug-likeness (QED) is 0.230. The van der Waals surface area contributed by atoms with E-state index >= 15 is 0 Å². The summed E-state index contributed by atoms with van der Waals surface area (Å²) in [6.07, 6.45) is -4.64. The van der Waals surface area contributed by atoms with E-state index in [-0.39, 0.29) is 53.3 Å². The van der Waals surface area contributed by atoms with Crippen molar-refractivity contribution in [2.45, 2.75) is 51.5 Å². The van der Waals surface area contributed by atoms with Crippen LogP contribution in [0.5, 0.6) is 0 Å². The number of pyridine rings is 1. The number of benzene rings is 1. The summed E-state index contributed by atoms with van der Waals surface area (Å²) in [6, 6.07) is 5.74. The highest BCUT2D eigenvalue weighted by molar-refractivity contribution is 6.21. The number of anilines is 1. The average molecular weight is 563 g/mol. The van der Waals surface area contributed by atoms with Gasteiger partial charge < -0.3 is 9.64 Å². The lowest BCUT2D eigenvalue weighted by Crippen LogP contribution is -2.38. The molecule has 10 nitrogen and oxygen atoms in total. The number of ether oxygens (including phenoxy) is 1. The Kier molecular flexibility index (Phi) is 5.29. The number of rotatable bonds is 8. The zero-order valence-electron chi connectivity index (χ0n) is 28.2. The predicted molar refractivity (Wildman–Crippen MR) is 147 cm³/mol. The second kappa shape index (κ2) is 10.7. The van der Waals surface area contributed by atoms with E-state index in [9.17, 15) is 18.8 Å². The molecular weight excluding hydrogens is 527 g/mol. The fraction of sp³-hybridized carbons (Fsp3) is 0.333. The molecule has 41 heavy (non-hydrogen) atoms. The molecule has 3 aromatic heterocycles. The summed E-state index contributed by atoms with van der Waals surface area (Å²) in [5.41, 5.74) is -0.357. The van der Waals surface area contributed by atoms with Crippen molar-refractivity contribution >= 4 is 29.2 Å². The van der Waals surface area contributed by atoms with E-state index in [1.807, 2.05) is 0 Å². The normalized spacial score (nSPS) is 21.5. The highest BCUT2D eigenvalue weighted by Gasteiger charge is 2.38. The van der Waals surface area contributed by atoms with Gasteiger partial charge in [-0.15, -0.1) is 0 Å². The van der Waals surface area contributed by atoms with Crippen LogP contribution in [0.1, 0.15) is 89.6 Å². The Balaban J connectivity index is 1.41. The maximum absolute atomic E-state index is 14.9. The average Bonchev–Trinajstić information content (AvgIpc) is 3.67. The zero-order chi connectivity index (χ0) is 34.1. The highest BCUT2D eigenvalue weighted by Crippen LogP contribution is 2.37. The van der Waals surface area contributed by atoms with Crippen molar-refractivity contribution in [1.29, 1.82) is 0 Å². The number of esters is 1. The summed E-state index contributed by atoms with van der Waals surface area (Å²) in [4.78, 5) is 49.6. The molecule has 2 aliphatic heterocycles. The Morgan fingerprint density at radius 3 is 2.71 bits per heavy atom. The second-order valence-corrected chi connectivity index (χ2v) is 9.49. The molecule has 2 aliphatic rings. The fourth-order valence-electron chi connectivity index (χ4n) is 5.04. The van der Waals surface area contributed by atoms with E-state index in [2.05, 4.69) is 15.1 Å². The molecule has 0 N–H and O–H groups in total. The number of fused-ring (bicyclic) bond motifs is 2. The van der Waals surface area contributed by atoms with Crippen LogP contribution in [0.2, 0.25) is 0 Å². The van der Waals surface area contributed by atoms with E-state index in [0.29, 0.717) is 4.90 Å². The molecule has 0 aliphatic carbocycles. The molecule has 0 bridgehead atoms. The summed E-state index contributed by atoms with van der Waals surface area (Å²) in [5.74, 6) is -2.93. The van der Waals surface area contributed by atoms with Gasteiger partial charge >= 0.3 is 5.97 Å². The first-order valence-electron chi connectivity index (χ1n) is 16.0. The van der Waals surface area contributed by atoms with Crippen molar-refractivity contribution in [3.8, 4) is 0 Å². The third-order valence-electron chi connectivity index (χ3n) is 7.00. The van der Waals surface area contributed by atoms with Crippen molar-refractivity contribution in [3.05, 3.63) is 88.8 Å². The van der Waals surface area contributed by atoms with Crippen LogP contribution in [-0.2, 0) is 11.1 Å². The molecular formula is C30H29FN6O4. The molecule has 6 rings (SSSR count). The molecule has 210 valence electrons. The summed E-state index contributed by atoms with van der Waals surface area (Å²) >= 11 is 0. The van der Waals surface area contributed by atoms with Gasteiger partial charge in [0.1, 0.15) is 17.2 Å². The van der Waals surface area contributed by atoms with Gasteiger partial charge in [0.15, 0.2) is 5.65 Å². The summed E-state index contributed by atoms with van der Waals surface area (Å²) in [6.45, 7) is 2.71. The SMILES string of the molecule is [2H]C1([2H])CC(c2cc(F)cnc2C([2H])([2H])C([2H])([2H])[C@@H](C)N2C(=O)c3ccccc3C2=O)N(c2ccn3ncc(C(=O)OCC)c3n2)C1. The smallest absolute Gasteiger partial charge is 0.343 e. The Morgan fingerprint density at radius 2 is 1.98 bits per heavy atom. The Hall–Kier alpha value is -4.67. The van der Waals surface area contributed by atoms with Crippen LogP contribution in [0, 0.1) is 5.82 Å². The number of hydrogen-bond donors (Lipinski definition) is 0. The maximum Gasteiger partial charge on any atom is 0.343 e. The van der Waals surface area contributed by atoms with Crippen LogP contribution in [-0.4, -0.2) is 61.5 Å². The molecule has 2 atom stereocenters. The predicted octanol–water partition coefficient (Wildman–Crippen LogP) is 4.40. The largest absolute Gasteiger partial charge is 0.462 e. The van der Waals surface area contributed by atoms with Gasteiger partial charge in [0, 0.05) is 32.7 Å². The van der Waals surface area contributed by atoms with Gasteiger partial charge in [0.25, 0.3) is 11.8 Å². The standard InChI is InChI=1S/C30H29FN6O4/c1-3-41-30(40)23-17-33-36-14-12-26(34-27(23)36)35-13-6-9-25(35)22-15-19(31)16-32-24(22)11-10-18(2)37-28(38)20-7-4-5-8-21(20)29(37)39/h4-5,7-8,12,14-18,25H,3,6,9-11,13H2,1-2H3/t18-,25?/m1/s1/i6D2,10D2,11D2. The molecule has 1 unspecified atom stereocenters. The summed E-state index contributed by atoms with van der Waals surface area (Å²) in [7, 11) is 0. The maximum atomic E-state index is 14.9. The molecule has 1 saturated heterocycles. The van der Waals surface area contributed by atoms with Crippen LogP contribution in [0.4, 0.5) is 10.2 Å². The molecule has 4 aromatic rings. The molecule has 11 heteroatoms. The van der Waals surface area contributed by atoms with Crippen LogP contribution in [0.3, 0.4) is 0 Å².